The predicted molar refractivity (Wildman–Crippen MR) is 79.1 cm³/mol. The number of anilines is 1. The molecule has 2 aromatic rings. The largest absolute Gasteiger partial charge is 0.326 e. The van der Waals surface area contributed by atoms with Crippen LogP contribution in [-0.2, 0) is 4.79 Å². The third-order valence-electron chi connectivity index (χ3n) is 2.32. The molecule has 0 unspecified atom stereocenters. The highest BCUT2D eigenvalue weighted by atomic mass is 127. The molecule has 18 heavy (non-hydrogen) atoms. The lowest BCUT2D eigenvalue weighted by Gasteiger charge is -2.08. The third kappa shape index (κ3) is 2.98. The van der Waals surface area contributed by atoms with Crippen molar-refractivity contribution in [2.24, 2.45) is 0 Å². The van der Waals surface area contributed by atoms with Gasteiger partial charge in [0.25, 0.3) is 5.56 Å². The Morgan fingerprint density at radius 2 is 2.06 bits per heavy atom. The number of nitrogens with one attached hydrogen (secondary N) is 1. The average molecular weight is 354 g/mol. The topological polar surface area (TPSA) is 51.1 Å². The smallest absolute Gasteiger partial charge is 0.255 e. The van der Waals surface area contributed by atoms with Gasteiger partial charge in [0.2, 0.25) is 5.91 Å². The zero-order valence-electron chi connectivity index (χ0n) is 9.68. The Labute approximate surface area is 118 Å². The van der Waals surface area contributed by atoms with Gasteiger partial charge in [0.1, 0.15) is 0 Å². The Hall–Kier alpha value is -1.63. The van der Waals surface area contributed by atoms with E-state index in [0.717, 1.165) is 9.26 Å². The number of aromatic nitrogens is 1. The van der Waals surface area contributed by atoms with E-state index in [1.165, 1.54) is 13.0 Å². The van der Waals surface area contributed by atoms with E-state index >= 15 is 0 Å². The lowest BCUT2D eigenvalue weighted by Crippen LogP contribution is -2.17. The second-order valence-electron chi connectivity index (χ2n) is 3.79. The molecule has 0 bridgehead atoms. The first-order chi connectivity index (χ1) is 8.56. The van der Waals surface area contributed by atoms with Gasteiger partial charge in [-0.25, -0.2) is 0 Å². The lowest BCUT2D eigenvalue weighted by molar-refractivity contribution is -0.114. The summed E-state index contributed by atoms with van der Waals surface area (Å²) in [5.74, 6) is -0.137. The first kappa shape index (κ1) is 12.8. The van der Waals surface area contributed by atoms with Crippen LogP contribution in [0, 0.1) is 3.57 Å². The maximum atomic E-state index is 11.8. The highest BCUT2D eigenvalue weighted by molar-refractivity contribution is 14.1. The molecule has 0 atom stereocenters. The molecular formula is C13H11IN2O2. The zero-order valence-corrected chi connectivity index (χ0v) is 11.8. The van der Waals surface area contributed by atoms with E-state index in [2.05, 4.69) is 27.9 Å². The van der Waals surface area contributed by atoms with Gasteiger partial charge in [-0.2, -0.15) is 0 Å². The minimum absolute atomic E-state index is 0.101. The maximum absolute atomic E-state index is 11.8. The lowest BCUT2D eigenvalue weighted by atomic mass is 10.2. The quantitative estimate of drug-likeness (QED) is 0.843. The summed E-state index contributed by atoms with van der Waals surface area (Å²) in [6.07, 6.45) is 1.76. The van der Waals surface area contributed by atoms with Crippen molar-refractivity contribution >= 4 is 34.2 Å². The van der Waals surface area contributed by atoms with Crippen molar-refractivity contribution in [2.45, 2.75) is 6.92 Å². The molecule has 0 saturated carbocycles. The molecular weight excluding hydrogens is 343 g/mol. The highest BCUT2D eigenvalue weighted by Crippen LogP contribution is 2.14. The molecule has 4 nitrogen and oxygen atoms in total. The normalized spacial score (nSPS) is 10.1. The van der Waals surface area contributed by atoms with E-state index in [9.17, 15) is 9.59 Å². The molecule has 1 N–H and O–H groups in total. The van der Waals surface area contributed by atoms with Crippen LogP contribution in [-0.4, -0.2) is 10.5 Å². The van der Waals surface area contributed by atoms with Gasteiger partial charge < -0.3 is 5.32 Å². The molecule has 92 valence electrons. The average Bonchev–Trinajstić information content (AvgIpc) is 2.32. The number of pyridine rings is 1. The van der Waals surface area contributed by atoms with Crippen LogP contribution in [0.25, 0.3) is 5.69 Å². The number of carbonyl (C=O) groups excluding carboxylic acids is 1. The number of rotatable bonds is 2. The molecule has 1 aromatic carbocycles. The monoisotopic (exact) mass is 354 g/mol. The van der Waals surface area contributed by atoms with Gasteiger partial charge in [-0.05, 0) is 46.9 Å². The summed E-state index contributed by atoms with van der Waals surface area (Å²) in [5, 5.41) is 2.69. The van der Waals surface area contributed by atoms with Gasteiger partial charge in [-0.3, -0.25) is 14.2 Å². The fourth-order valence-corrected chi connectivity index (χ4v) is 2.06. The number of benzene rings is 1. The molecule has 0 aliphatic rings. The number of hydrogen-bond acceptors (Lipinski definition) is 2. The Morgan fingerprint density at radius 3 is 2.78 bits per heavy atom. The first-order valence-electron chi connectivity index (χ1n) is 5.32. The van der Waals surface area contributed by atoms with Crippen molar-refractivity contribution in [3.63, 3.8) is 0 Å². The van der Waals surface area contributed by atoms with Crippen LogP contribution in [0.1, 0.15) is 6.92 Å². The standard InChI is InChI=1S/C13H11IN2O2/c1-9(17)15-11-3-2-4-12(7-11)16-8-10(14)5-6-13(16)18/h2-8H,1H3,(H,15,17). The van der Waals surface area contributed by atoms with Gasteiger partial charge in [0, 0.05) is 28.4 Å². The molecule has 0 aliphatic carbocycles. The molecule has 0 fully saturated rings. The molecule has 0 radical (unpaired) electrons. The maximum Gasteiger partial charge on any atom is 0.255 e. The Kier molecular flexibility index (Phi) is 3.81. The van der Waals surface area contributed by atoms with Crippen LogP contribution in [0.2, 0.25) is 0 Å². The Balaban J connectivity index is 2.47. The number of hydrogen-bond donors (Lipinski definition) is 1. The van der Waals surface area contributed by atoms with Crippen molar-refractivity contribution in [2.75, 3.05) is 5.32 Å². The molecule has 0 saturated heterocycles. The van der Waals surface area contributed by atoms with Crippen LogP contribution in [0.4, 0.5) is 5.69 Å². The predicted octanol–water partition coefficient (Wildman–Crippen LogP) is 2.40. The van der Waals surface area contributed by atoms with Crippen molar-refractivity contribution in [3.8, 4) is 5.69 Å². The van der Waals surface area contributed by atoms with Crippen LogP contribution >= 0.6 is 22.6 Å². The Bertz CT molecular complexity index is 649. The second-order valence-corrected chi connectivity index (χ2v) is 5.03. The molecule has 0 spiro atoms. The third-order valence-corrected chi connectivity index (χ3v) is 2.96. The molecule has 1 heterocycles. The van der Waals surface area contributed by atoms with Crippen LogP contribution in [0.15, 0.2) is 47.4 Å². The fourth-order valence-electron chi connectivity index (χ4n) is 1.60. The molecule has 0 aliphatic heterocycles. The van der Waals surface area contributed by atoms with Crippen molar-refractivity contribution in [3.05, 3.63) is 56.5 Å². The van der Waals surface area contributed by atoms with Crippen molar-refractivity contribution in [1.82, 2.24) is 4.57 Å². The van der Waals surface area contributed by atoms with Gasteiger partial charge in [-0.1, -0.05) is 6.07 Å². The number of amides is 1. The van der Waals surface area contributed by atoms with Gasteiger partial charge >= 0.3 is 0 Å². The van der Waals surface area contributed by atoms with E-state index in [1.54, 1.807) is 35.0 Å². The summed E-state index contributed by atoms with van der Waals surface area (Å²) < 4.78 is 2.52. The van der Waals surface area contributed by atoms with Crippen molar-refractivity contribution in [1.29, 1.82) is 0 Å². The minimum Gasteiger partial charge on any atom is -0.326 e. The number of carbonyl (C=O) groups is 1. The fraction of sp³-hybridized carbons (Fsp3) is 0.0769. The summed E-state index contributed by atoms with van der Waals surface area (Å²) in [4.78, 5) is 22.8. The molecule has 5 heteroatoms. The summed E-state index contributed by atoms with van der Waals surface area (Å²) in [6, 6.07) is 10.4. The summed E-state index contributed by atoms with van der Waals surface area (Å²) in [6.45, 7) is 1.45. The summed E-state index contributed by atoms with van der Waals surface area (Å²) in [5.41, 5.74) is 1.30. The van der Waals surface area contributed by atoms with Gasteiger partial charge in [0.05, 0.1) is 5.69 Å². The van der Waals surface area contributed by atoms with Crippen molar-refractivity contribution < 1.29 is 4.79 Å². The van der Waals surface area contributed by atoms with E-state index in [0.29, 0.717) is 5.69 Å². The summed E-state index contributed by atoms with van der Waals surface area (Å²) in [7, 11) is 0. The number of halogens is 1. The molecule has 2 rings (SSSR count). The van der Waals surface area contributed by atoms with Crippen LogP contribution < -0.4 is 10.9 Å². The summed E-state index contributed by atoms with van der Waals surface area (Å²) >= 11 is 2.15. The van der Waals surface area contributed by atoms with E-state index in [1.807, 2.05) is 6.07 Å². The van der Waals surface area contributed by atoms with Crippen LogP contribution in [0.3, 0.4) is 0 Å². The Morgan fingerprint density at radius 1 is 1.28 bits per heavy atom. The first-order valence-corrected chi connectivity index (χ1v) is 6.40. The van der Waals surface area contributed by atoms with E-state index < -0.39 is 0 Å². The van der Waals surface area contributed by atoms with Gasteiger partial charge in [0.15, 0.2) is 0 Å². The van der Waals surface area contributed by atoms with Gasteiger partial charge in [-0.15, -0.1) is 0 Å². The zero-order chi connectivity index (χ0) is 13.1. The van der Waals surface area contributed by atoms with E-state index in [4.69, 9.17) is 0 Å². The van der Waals surface area contributed by atoms with E-state index in [-0.39, 0.29) is 11.5 Å². The molecule has 1 aromatic heterocycles. The SMILES string of the molecule is CC(=O)Nc1cccc(-n2cc(I)ccc2=O)c1. The molecule has 1 amide bonds. The number of nitrogens with zero attached hydrogens (tertiary/aromatic N) is 1. The minimum atomic E-state index is -0.137. The van der Waals surface area contributed by atoms with Crippen LogP contribution in [0.5, 0.6) is 0 Å². The second kappa shape index (κ2) is 5.34. The highest BCUT2D eigenvalue weighted by Gasteiger charge is 2.02.